The molecule has 0 bridgehead atoms. The molecule has 184 valence electrons. The lowest BCUT2D eigenvalue weighted by atomic mass is 10.0. The van der Waals surface area contributed by atoms with Crippen molar-refractivity contribution >= 4 is 35.0 Å². The van der Waals surface area contributed by atoms with E-state index in [0.717, 1.165) is 11.6 Å². The van der Waals surface area contributed by atoms with Crippen molar-refractivity contribution < 1.29 is 22.7 Å². The second-order valence-electron chi connectivity index (χ2n) is 8.18. The molecule has 1 atom stereocenters. The van der Waals surface area contributed by atoms with E-state index in [1.807, 2.05) is 0 Å². The molecule has 0 radical (unpaired) electrons. The van der Waals surface area contributed by atoms with Gasteiger partial charge in [0.1, 0.15) is 0 Å². The first-order chi connectivity index (χ1) is 17.1. The number of hydrogen-bond acceptors (Lipinski definition) is 3. The molecule has 0 heterocycles. The summed E-state index contributed by atoms with van der Waals surface area (Å²) in [5.74, 6) is 0. The minimum atomic E-state index is -4.89. The Kier molecular flexibility index (Phi) is 7.34. The van der Waals surface area contributed by atoms with E-state index in [0.29, 0.717) is 16.7 Å². The van der Waals surface area contributed by atoms with E-state index in [9.17, 15) is 23.3 Å². The lowest BCUT2D eigenvalue weighted by Gasteiger charge is -2.30. The lowest BCUT2D eigenvalue weighted by molar-refractivity contribution is -0.385. The Morgan fingerprint density at radius 3 is 1.75 bits per heavy atom. The molecule has 0 aliphatic heterocycles. The van der Waals surface area contributed by atoms with Crippen LogP contribution in [-0.4, -0.2) is 4.92 Å². The number of benzene rings is 4. The number of nitro groups is 1. The molecular weight excluding hydrogens is 510 g/mol. The Bertz CT molecular complexity index is 1370. The first-order valence-corrected chi connectivity index (χ1v) is 13.1. The third-order valence-corrected chi connectivity index (χ3v) is 9.75. The molecule has 4 aromatic carbocycles. The maximum atomic E-state index is 15.2. The van der Waals surface area contributed by atoms with Crippen LogP contribution in [0.4, 0.5) is 18.9 Å². The van der Waals surface area contributed by atoms with Crippen molar-refractivity contribution in [3.05, 3.63) is 135 Å². The molecule has 4 rings (SSSR count). The molecule has 36 heavy (non-hydrogen) atoms. The van der Waals surface area contributed by atoms with Gasteiger partial charge in [0.25, 0.3) is 5.69 Å². The Morgan fingerprint density at radius 2 is 1.31 bits per heavy atom. The highest BCUT2D eigenvalue weighted by Gasteiger charge is 2.43. The van der Waals surface area contributed by atoms with Crippen molar-refractivity contribution in [2.75, 3.05) is 0 Å². The molecule has 4 nitrogen and oxygen atoms in total. The summed E-state index contributed by atoms with van der Waals surface area (Å²) in [5, 5.41) is 12.3. The molecule has 1 unspecified atom stereocenters. The van der Waals surface area contributed by atoms with E-state index in [2.05, 4.69) is 0 Å². The summed E-state index contributed by atoms with van der Waals surface area (Å²) < 4.78 is 55.9. The van der Waals surface area contributed by atoms with Crippen LogP contribution in [0.25, 0.3) is 0 Å². The maximum Gasteiger partial charge on any atom is 0.418 e. The molecule has 0 amide bonds. The Hall–Kier alpha value is -3.41. The topological polar surface area (TPSA) is 60.2 Å². The highest BCUT2D eigenvalue weighted by Crippen LogP contribution is 2.60. The van der Waals surface area contributed by atoms with Crippen molar-refractivity contribution in [3.63, 3.8) is 0 Å². The van der Waals surface area contributed by atoms with Crippen LogP contribution in [0.1, 0.15) is 22.3 Å². The quantitative estimate of drug-likeness (QED) is 0.141. The minimum absolute atomic E-state index is 0.0738. The van der Waals surface area contributed by atoms with Crippen LogP contribution < -0.4 is 10.6 Å². The van der Waals surface area contributed by atoms with Crippen LogP contribution in [0, 0.1) is 10.1 Å². The maximum absolute atomic E-state index is 15.2. The van der Waals surface area contributed by atoms with Gasteiger partial charge in [0.05, 0.1) is 21.2 Å². The van der Waals surface area contributed by atoms with Crippen molar-refractivity contribution in [3.8, 4) is 0 Å². The van der Waals surface area contributed by atoms with E-state index in [4.69, 9.17) is 11.6 Å². The summed E-state index contributed by atoms with van der Waals surface area (Å²) in [6.07, 6.45) is -4.82. The van der Waals surface area contributed by atoms with E-state index < -0.39 is 40.2 Å². The normalized spacial score (nSPS) is 12.8. The molecule has 0 fully saturated rings. The number of nitro benzene ring substituents is 1. The summed E-state index contributed by atoms with van der Waals surface area (Å²) in [4.78, 5) is 11.2. The van der Waals surface area contributed by atoms with Gasteiger partial charge in [0.15, 0.2) is 7.14 Å². The van der Waals surface area contributed by atoms with Gasteiger partial charge in [-0.2, -0.15) is 13.2 Å². The monoisotopic (exact) mass is 529 g/mol. The molecular formula is C27H20ClF3NO3P. The first kappa shape index (κ1) is 25.7. The van der Waals surface area contributed by atoms with Gasteiger partial charge in [0, 0.05) is 22.2 Å². The van der Waals surface area contributed by atoms with Gasteiger partial charge < -0.3 is 4.57 Å². The zero-order chi connectivity index (χ0) is 25.9. The number of halogens is 4. The van der Waals surface area contributed by atoms with Gasteiger partial charge in [-0.1, -0.05) is 103 Å². The number of alkyl halides is 3. The summed E-state index contributed by atoms with van der Waals surface area (Å²) in [6.45, 7) is 0. The van der Waals surface area contributed by atoms with Gasteiger partial charge in [-0.05, 0) is 18.1 Å². The summed E-state index contributed by atoms with van der Waals surface area (Å²) >= 11 is 6.05. The van der Waals surface area contributed by atoms with E-state index in [1.54, 1.807) is 91.0 Å². The second-order valence-corrected chi connectivity index (χ2v) is 11.6. The second kappa shape index (κ2) is 10.3. The van der Waals surface area contributed by atoms with Gasteiger partial charge in [-0.3, -0.25) is 10.1 Å². The average Bonchev–Trinajstić information content (AvgIpc) is 2.87. The fourth-order valence-corrected chi connectivity index (χ4v) is 7.89. The zero-order valence-corrected chi connectivity index (χ0v) is 20.4. The van der Waals surface area contributed by atoms with Crippen molar-refractivity contribution in [1.29, 1.82) is 0 Å². The fraction of sp³-hybridized carbons (Fsp3) is 0.111. The predicted octanol–water partition coefficient (Wildman–Crippen LogP) is 7.56. The Morgan fingerprint density at radius 1 is 0.833 bits per heavy atom. The molecule has 0 saturated carbocycles. The lowest BCUT2D eigenvalue weighted by Crippen LogP contribution is -2.23. The standard InChI is InChI=1S/C27H20ClF3NO3P/c28-24-17-22(25(32(33)34)18-23(24)27(29,30)31)26(16-19-10-4-1-5-11-19)36(35,20-12-6-2-7-13-20)21-14-8-3-9-15-21/h1-15,17-18,26H,16H2. The number of hydrogen-bond donors (Lipinski definition) is 0. The minimum Gasteiger partial charge on any atom is -0.313 e. The zero-order valence-electron chi connectivity index (χ0n) is 18.7. The molecule has 0 aromatic heterocycles. The first-order valence-electron chi connectivity index (χ1n) is 10.9. The number of rotatable bonds is 7. The number of nitrogens with zero attached hydrogens (tertiary/aromatic N) is 1. The largest absolute Gasteiger partial charge is 0.418 e. The van der Waals surface area contributed by atoms with Crippen LogP contribution in [-0.2, 0) is 17.2 Å². The van der Waals surface area contributed by atoms with Gasteiger partial charge >= 0.3 is 6.18 Å². The third kappa shape index (κ3) is 5.08. The van der Waals surface area contributed by atoms with Crippen molar-refractivity contribution in [1.82, 2.24) is 0 Å². The summed E-state index contributed by atoms with van der Waals surface area (Å²) in [6, 6.07) is 27.3. The van der Waals surface area contributed by atoms with Crippen molar-refractivity contribution in [2.45, 2.75) is 18.3 Å². The van der Waals surface area contributed by atoms with Gasteiger partial charge in [-0.15, -0.1) is 0 Å². The van der Waals surface area contributed by atoms with E-state index in [1.165, 1.54) is 0 Å². The van der Waals surface area contributed by atoms with Crippen molar-refractivity contribution in [2.24, 2.45) is 0 Å². The summed E-state index contributed by atoms with van der Waals surface area (Å²) in [5.41, 5.74) is -2.55. The Labute approximate surface area is 210 Å². The van der Waals surface area contributed by atoms with Crippen LogP contribution in [0.2, 0.25) is 5.02 Å². The molecule has 4 aromatic rings. The molecule has 0 spiro atoms. The fourth-order valence-electron chi connectivity index (χ4n) is 4.30. The van der Waals surface area contributed by atoms with Gasteiger partial charge in [0.2, 0.25) is 0 Å². The van der Waals surface area contributed by atoms with Crippen LogP contribution in [0.5, 0.6) is 0 Å². The van der Waals surface area contributed by atoms with Crippen LogP contribution in [0.15, 0.2) is 103 Å². The Balaban J connectivity index is 2.06. The SMILES string of the molecule is O=[N+]([O-])c1cc(C(F)(F)F)c(Cl)cc1C(Cc1ccccc1)P(=O)(c1ccccc1)c1ccccc1. The average molecular weight is 530 g/mol. The molecule has 0 aliphatic rings. The summed E-state index contributed by atoms with van der Waals surface area (Å²) in [7, 11) is -3.71. The molecule has 0 aliphatic carbocycles. The molecule has 9 heteroatoms. The molecule has 0 N–H and O–H groups in total. The highest BCUT2D eigenvalue weighted by atomic mass is 35.5. The highest BCUT2D eigenvalue weighted by molar-refractivity contribution is 7.79. The smallest absolute Gasteiger partial charge is 0.313 e. The van der Waals surface area contributed by atoms with Crippen LogP contribution in [0.3, 0.4) is 0 Å². The van der Waals surface area contributed by atoms with Crippen LogP contribution >= 0.6 is 18.7 Å². The third-order valence-electron chi connectivity index (χ3n) is 5.97. The predicted molar refractivity (Wildman–Crippen MR) is 136 cm³/mol. The molecule has 0 saturated heterocycles. The van der Waals surface area contributed by atoms with E-state index in [-0.39, 0.29) is 12.0 Å². The van der Waals surface area contributed by atoms with Gasteiger partial charge in [-0.25, -0.2) is 0 Å². The van der Waals surface area contributed by atoms with E-state index >= 15 is 4.57 Å².